The third-order valence-electron chi connectivity index (χ3n) is 2.60. The number of benzene rings is 1. The van der Waals surface area contributed by atoms with Crippen LogP contribution in [-0.4, -0.2) is 5.11 Å². The Hall–Kier alpha value is -0.730. The van der Waals surface area contributed by atoms with E-state index in [9.17, 15) is 5.11 Å². The second kappa shape index (κ2) is 3.20. The van der Waals surface area contributed by atoms with Crippen molar-refractivity contribution in [2.24, 2.45) is 5.73 Å². The van der Waals surface area contributed by atoms with E-state index in [4.69, 9.17) is 17.3 Å². The van der Waals surface area contributed by atoms with Gasteiger partial charge >= 0.3 is 0 Å². The Morgan fingerprint density at radius 2 is 2.23 bits per heavy atom. The van der Waals surface area contributed by atoms with E-state index in [0.29, 0.717) is 5.02 Å². The minimum Gasteiger partial charge on any atom is -0.506 e. The Morgan fingerprint density at radius 1 is 1.46 bits per heavy atom. The molecule has 13 heavy (non-hydrogen) atoms. The molecule has 1 atom stereocenters. The first-order valence-electron chi connectivity index (χ1n) is 4.46. The predicted molar refractivity (Wildman–Crippen MR) is 53.0 cm³/mol. The summed E-state index contributed by atoms with van der Waals surface area (Å²) in [7, 11) is 0. The van der Waals surface area contributed by atoms with Crippen LogP contribution in [0.5, 0.6) is 5.75 Å². The van der Waals surface area contributed by atoms with Crippen molar-refractivity contribution in [3.63, 3.8) is 0 Å². The van der Waals surface area contributed by atoms with Crippen LogP contribution in [0.2, 0.25) is 5.02 Å². The molecule has 0 saturated heterocycles. The summed E-state index contributed by atoms with van der Waals surface area (Å²) in [5.41, 5.74) is 8.04. The largest absolute Gasteiger partial charge is 0.506 e. The zero-order chi connectivity index (χ0) is 9.42. The molecular formula is C10H12ClNO. The highest BCUT2D eigenvalue weighted by Crippen LogP contribution is 2.37. The van der Waals surface area contributed by atoms with Gasteiger partial charge in [0.05, 0.1) is 5.02 Å². The van der Waals surface area contributed by atoms with Gasteiger partial charge in [-0.3, -0.25) is 0 Å². The van der Waals surface area contributed by atoms with Crippen LogP contribution in [0.4, 0.5) is 0 Å². The molecule has 0 bridgehead atoms. The second-order valence-electron chi connectivity index (χ2n) is 3.47. The standard InChI is InChI=1S/C10H12ClNO/c11-10-7-2-1-3-8(12)6(7)4-5-9(10)13/h4-5,8,13H,1-3,12H2/t8-/m1/s1. The first-order valence-corrected chi connectivity index (χ1v) is 4.84. The number of aromatic hydroxyl groups is 1. The van der Waals surface area contributed by atoms with Crippen molar-refractivity contribution in [2.75, 3.05) is 0 Å². The smallest absolute Gasteiger partial charge is 0.134 e. The third-order valence-corrected chi connectivity index (χ3v) is 3.02. The van der Waals surface area contributed by atoms with E-state index >= 15 is 0 Å². The number of phenolic OH excluding ortho intramolecular Hbond substituents is 1. The SMILES string of the molecule is N[C@@H]1CCCc2c1ccc(O)c2Cl. The normalized spacial score (nSPS) is 21.2. The van der Waals surface area contributed by atoms with Crippen LogP contribution in [0.15, 0.2) is 12.1 Å². The highest BCUT2D eigenvalue weighted by molar-refractivity contribution is 6.32. The van der Waals surface area contributed by atoms with Gasteiger partial charge in [0.15, 0.2) is 0 Å². The molecule has 0 saturated carbocycles. The fourth-order valence-electron chi connectivity index (χ4n) is 1.88. The maximum absolute atomic E-state index is 9.39. The average molecular weight is 198 g/mol. The molecule has 0 aromatic heterocycles. The minimum atomic E-state index is 0.0850. The van der Waals surface area contributed by atoms with E-state index in [1.165, 1.54) is 0 Å². The quantitative estimate of drug-likeness (QED) is 0.671. The lowest BCUT2D eigenvalue weighted by molar-refractivity contribution is 0.472. The first kappa shape index (κ1) is 8.85. The lowest BCUT2D eigenvalue weighted by Crippen LogP contribution is -2.17. The molecule has 0 heterocycles. The van der Waals surface area contributed by atoms with Crippen LogP contribution >= 0.6 is 11.6 Å². The Bertz CT molecular complexity index is 338. The summed E-state index contributed by atoms with van der Waals surface area (Å²) < 4.78 is 0. The maximum atomic E-state index is 9.39. The van der Waals surface area contributed by atoms with E-state index in [1.807, 2.05) is 6.07 Å². The van der Waals surface area contributed by atoms with Crippen LogP contribution in [0.1, 0.15) is 30.0 Å². The van der Waals surface area contributed by atoms with Gasteiger partial charge in [-0.2, -0.15) is 0 Å². The molecule has 2 rings (SSSR count). The van der Waals surface area contributed by atoms with Crippen molar-refractivity contribution in [3.05, 3.63) is 28.3 Å². The average Bonchev–Trinajstić information content (AvgIpc) is 2.12. The topological polar surface area (TPSA) is 46.2 Å². The summed E-state index contributed by atoms with van der Waals surface area (Å²) in [6, 6.07) is 3.58. The lowest BCUT2D eigenvalue weighted by atomic mass is 9.88. The molecule has 1 aliphatic carbocycles. The second-order valence-corrected chi connectivity index (χ2v) is 3.84. The monoisotopic (exact) mass is 197 g/mol. The van der Waals surface area contributed by atoms with Crippen LogP contribution in [-0.2, 0) is 6.42 Å². The van der Waals surface area contributed by atoms with Crippen LogP contribution in [0.25, 0.3) is 0 Å². The van der Waals surface area contributed by atoms with Crippen molar-refractivity contribution in [3.8, 4) is 5.75 Å². The van der Waals surface area contributed by atoms with Crippen molar-refractivity contribution < 1.29 is 5.11 Å². The summed E-state index contributed by atoms with van der Waals surface area (Å²) in [4.78, 5) is 0. The van der Waals surface area contributed by atoms with E-state index in [2.05, 4.69) is 0 Å². The highest BCUT2D eigenvalue weighted by atomic mass is 35.5. The summed E-state index contributed by atoms with van der Waals surface area (Å²) in [5, 5.41) is 9.87. The molecule has 0 spiro atoms. The van der Waals surface area contributed by atoms with E-state index in [-0.39, 0.29) is 11.8 Å². The number of phenols is 1. The van der Waals surface area contributed by atoms with Crippen molar-refractivity contribution >= 4 is 11.6 Å². The van der Waals surface area contributed by atoms with Gasteiger partial charge in [-0.05, 0) is 36.5 Å². The Labute approximate surface area is 82.3 Å². The van der Waals surface area contributed by atoms with E-state index in [0.717, 1.165) is 30.4 Å². The summed E-state index contributed by atoms with van der Waals surface area (Å²) in [6.45, 7) is 0. The Balaban J connectivity index is 2.56. The zero-order valence-corrected chi connectivity index (χ0v) is 8.01. The van der Waals surface area contributed by atoms with E-state index < -0.39 is 0 Å². The fourth-order valence-corrected chi connectivity index (χ4v) is 2.15. The summed E-state index contributed by atoms with van der Waals surface area (Å²) in [6.07, 6.45) is 2.99. The van der Waals surface area contributed by atoms with Gasteiger partial charge in [-0.15, -0.1) is 0 Å². The van der Waals surface area contributed by atoms with Crippen molar-refractivity contribution in [2.45, 2.75) is 25.3 Å². The number of fused-ring (bicyclic) bond motifs is 1. The van der Waals surface area contributed by atoms with Crippen molar-refractivity contribution in [1.29, 1.82) is 0 Å². The molecule has 0 fully saturated rings. The number of halogens is 1. The molecule has 0 aliphatic heterocycles. The molecule has 2 nitrogen and oxygen atoms in total. The number of hydrogen-bond acceptors (Lipinski definition) is 2. The van der Waals surface area contributed by atoms with E-state index in [1.54, 1.807) is 6.07 Å². The van der Waals surface area contributed by atoms with Gasteiger partial charge in [0.2, 0.25) is 0 Å². The fraction of sp³-hybridized carbons (Fsp3) is 0.400. The summed E-state index contributed by atoms with van der Waals surface area (Å²) >= 11 is 5.97. The number of hydrogen-bond donors (Lipinski definition) is 2. The first-order chi connectivity index (χ1) is 6.20. The molecular weight excluding hydrogens is 186 g/mol. The van der Waals surface area contributed by atoms with Crippen LogP contribution < -0.4 is 5.73 Å². The van der Waals surface area contributed by atoms with Gasteiger partial charge in [0.1, 0.15) is 5.75 Å². The molecule has 70 valence electrons. The molecule has 1 aromatic rings. The maximum Gasteiger partial charge on any atom is 0.134 e. The molecule has 0 unspecified atom stereocenters. The molecule has 0 radical (unpaired) electrons. The predicted octanol–water partition coefficient (Wildman–Crippen LogP) is 2.38. The molecule has 1 aliphatic rings. The van der Waals surface area contributed by atoms with Gasteiger partial charge in [0.25, 0.3) is 0 Å². The van der Waals surface area contributed by atoms with Crippen LogP contribution in [0, 0.1) is 0 Å². The van der Waals surface area contributed by atoms with Gasteiger partial charge in [-0.1, -0.05) is 17.7 Å². The Morgan fingerprint density at radius 3 is 3.00 bits per heavy atom. The molecule has 3 heteroatoms. The lowest BCUT2D eigenvalue weighted by Gasteiger charge is -2.23. The number of rotatable bonds is 0. The molecule has 0 amide bonds. The molecule has 3 N–H and O–H groups in total. The third kappa shape index (κ3) is 1.40. The van der Waals surface area contributed by atoms with Gasteiger partial charge in [0, 0.05) is 6.04 Å². The Kier molecular flexibility index (Phi) is 2.18. The van der Waals surface area contributed by atoms with Gasteiger partial charge < -0.3 is 10.8 Å². The highest BCUT2D eigenvalue weighted by Gasteiger charge is 2.20. The van der Waals surface area contributed by atoms with Crippen LogP contribution in [0.3, 0.4) is 0 Å². The molecule has 1 aromatic carbocycles. The summed E-state index contributed by atoms with van der Waals surface area (Å²) in [5.74, 6) is 0.162. The van der Waals surface area contributed by atoms with Crippen molar-refractivity contribution in [1.82, 2.24) is 0 Å². The van der Waals surface area contributed by atoms with Gasteiger partial charge in [-0.25, -0.2) is 0 Å². The zero-order valence-electron chi connectivity index (χ0n) is 7.26. The minimum absolute atomic E-state index is 0.0850. The number of nitrogens with two attached hydrogens (primary N) is 1.